The number of esters is 1. The number of nitrogens with one attached hydrogen (secondary N) is 2. The summed E-state index contributed by atoms with van der Waals surface area (Å²) < 4.78 is 10.3. The predicted octanol–water partition coefficient (Wildman–Crippen LogP) is 1.93. The highest BCUT2D eigenvalue weighted by Crippen LogP contribution is 2.12. The summed E-state index contributed by atoms with van der Waals surface area (Å²) in [6, 6.07) is 6.92. The molecule has 3 amide bonds. The highest BCUT2D eigenvalue weighted by atomic mass is 16.5. The first-order valence-electron chi connectivity index (χ1n) is 7.82. The van der Waals surface area contributed by atoms with Gasteiger partial charge in [0.15, 0.2) is 6.61 Å². The number of aryl methyl sites for hydroxylation is 1. The molecule has 0 saturated carbocycles. The molecule has 1 aromatic rings. The van der Waals surface area contributed by atoms with Crippen molar-refractivity contribution >= 4 is 17.9 Å². The van der Waals surface area contributed by atoms with E-state index >= 15 is 0 Å². The highest BCUT2D eigenvalue weighted by molar-refractivity contribution is 5.95. The van der Waals surface area contributed by atoms with E-state index in [0.29, 0.717) is 13.0 Å². The first-order valence-corrected chi connectivity index (χ1v) is 7.82. The van der Waals surface area contributed by atoms with E-state index in [1.807, 2.05) is 31.2 Å². The van der Waals surface area contributed by atoms with Gasteiger partial charge in [-0.1, -0.05) is 12.1 Å². The molecule has 0 spiro atoms. The summed E-state index contributed by atoms with van der Waals surface area (Å²) in [6.07, 6.45) is 0.611. The van der Waals surface area contributed by atoms with E-state index in [0.717, 1.165) is 11.3 Å². The van der Waals surface area contributed by atoms with Gasteiger partial charge in [-0.05, 0) is 44.9 Å². The molecular formula is C17H24N2O5. The van der Waals surface area contributed by atoms with E-state index < -0.39 is 24.5 Å². The Hall–Kier alpha value is -2.57. The largest absolute Gasteiger partial charge is 0.494 e. The van der Waals surface area contributed by atoms with E-state index in [2.05, 4.69) is 10.6 Å². The van der Waals surface area contributed by atoms with Crippen molar-refractivity contribution in [3.05, 3.63) is 29.8 Å². The van der Waals surface area contributed by atoms with Crippen LogP contribution in [0.2, 0.25) is 0 Å². The summed E-state index contributed by atoms with van der Waals surface area (Å²) >= 11 is 0. The van der Waals surface area contributed by atoms with Gasteiger partial charge in [0, 0.05) is 12.5 Å². The molecule has 1 aromatic carbocycles. The van der Waals surface area contributed by atoms with Gasteiger partial charge in [-0.25, -0.2) is 4.79 Å². The molecule has 24 heavy (non-hydrogen) atoms. The molecule has 0 aliphatic heterocycles. The fraction of sp³-hybridized carbons (Fsp3) is 0.471. The topological polar surface area (TPSA) is 93.7 Å². The number of ether oxygens (including phenoxy) is 2. The minimum Gasteiger partial charge on any atom is -0.494 e. The fourth-order valence-electron chi connectivity index (χ4n) is 1.79. The average molecular weight is 336 g/mol. The molecular weight excluding hydrogens is 312 g/mol. The molecule has 2 N–H and O–H groups in total. The van der Waals surface area contributed by atoms with Gasteiger partial charge in [0.25, 0.3) is 5.91 Å². The molecule has 0 aliphatic rings. The van der Waals surface area contributed by atoms with Gasteiger partial charge < -0.3 is 14.8 Å². The van der Waals surface area contributed by atoms with Crippen LogP contribution in [0.1, 0.15) is 32.3 Å². The SMILES string of the molecule is Cc1cccc(OCCCC(=O)OCC(=O)NC(=O)NC(C)C)c1. The Balaban J connectivity index is 2.13. The summed E-state index contributed by atoms with van der Waals surface area (Å²) in [5.41, 5.74) is 1.10. The molecule has 7 nitrogen and oxygen atoms in total. The van der Waals surface area contributed by atoms with Crippen molar-refractivity contribution in [3.8, 4) is 5.75 Å². The van der Waals surface area contributed by atoms with Crippen LogP contribution in [-0.2, 0) is 14.3 Å². The second kappa shape index (κ2) is 10.3. The van der Waals surface area contributed by atoms with Crippen LogP contribution in [0.4, 0.5) is 4.79 Å². The van der Waals surface area contributed by atoms with Crippen LogP contribution >= 0.6 is 0 Å². The molecule has 0 fully saturated rings. The maximum Gasteiger partial charge on any atom is 0.321 e. The van der Waals surface area contributed by atoms with Crippen LogP contribution in [0.3, 0.4) is 0 Å². The number of hydrogen-bond donors (Lipinski definition) is 2. The van der Waals surface area contributed by atoms with Crippen molar-refractivity contribution in [3.63, 3.8) is 0 Å². The molecule has 0 aliphatic carbocycles. The van der Waals surface area contributed by atoms with Crippen molar-refractivity contribution in [2.24, 2.45) is 0 Å². The van der Waals surface area contributed by atoms with Crippen LogP contribution in [0.25, 0.3) is 0 Å². The van der Waals surface area contributed by atoms with E-state index in [9.17, 15) is 14.4 Å². The number of urea groups is 1. The third kappa shape index (κ3) is 8.77. The Morgan fingerprint density at radius 2 is 1.96 bits per heavy atom. The van der Waals surface area contributed by atoms with Gasteiger partial charge in [0.1, 0.15) is 5.75 Å². The standard InChI is InChI=1S/C17H24N2O5/c1-12(2)18-17(22)19-15(20)11-24-16(21)8-5-9-23-14-7-4-6-13(3)10-14/h4,6-7,10,12H,5,8-9,11H2,1-3H3,(H2,18,19,20,22). The number of carbonyl (C=O) groups excluding carboxylic acids is 3. The van der Waals surface area contributed by atoms with Crippen molar-refractivity contribution in [1.82, 2.24) is 10.6 Å². The predicted molar refractivity (Wildman–Crippen MR) is 88.7 cm³/mol. The summed E-state index contributed by atoms with van der Waals surface area (Å²) in [5, 5.41) is 4.56. The zero-order valence-corrected chi connectivity index (χ0v) is 14.3. The van der Waals surface area contributed by atoms with E-state index in [1.165, 1.54) is 0 Å². The molecule has 0 aromatic heterocycles. The van der Waals surface area contributed by atoms with Crippen LogP contribution in [0.5, 0.6) is 5.75 Å². The monoisotopic (exact) mass is 336 g/mol. The maximum atomic E-state index is 11.5. The number of amides is 3. The van der Waals surface area contributed by atoms with Gasteiger partial charge in [-0.2, -0.15) is 0 Å². The lowest BCUT2D eigenvalue weighted by molar-refractivity contribution is -0.148. The number of hydrogen-bond acceptors (Lipinski definition) is 5. The van der Waals surface area contributed by atoms with Gasteiger partial charge in [0.05, 0.1) is 6.61 Å². The lowest BCUT2D eigenvalue weighted by Gasteiger charge is -2.09. The van der Waals surface area contributed by atoms with Crippen LogP contribution < -0.4 is 15.4 Å². The second-order valence-corrected chi connectivity index (χ2v) is 5.61. The molecule has 0 heterocycles. The quantitative estimate of drug-likeness (QED) is 0.559. The Kier molecular flexibility index (Phi) is 8.32. The van der Waals surface area contributed by atoms with Crippen molar-refractivity contribution in [1.29, 1.82) is 0 Å². The molecule has 0 atom stereocenters. The second-order valence-electron chi connectivity index (χ2n) is 5.61. The number of carbonyl (C=O) groups is 3. The Morgan fingerprint density at radius 3 is 2.62 bits per heavy atom. The first kappa shape index (κ1) is 19.5. The van der Waals surface area contributed by atoms with E-state index in [4.69, 9.17) is 9.47 Å². The van der Waals surface area contributed by atoms with Gasteiger partial charge in [-0.15, -0.1) is 0 Å². The molecule has 0 unspecified atom stereocenters. The molecule has 7 heteroatoms. The zero-order valence-electron chi connectivity index (χ0n) is 14.3. The third-order valence-electron chi connectivity index (χ3n) is 2.82. The summed E-state index contributed by atoms with van der Waals surface area (Å²) in [6.45, 7) is 5.40. The van der Waals surface area contributed by atoms with Gasteiger partial charge in [0.2, 0.25) is 0 Å². The molecule has 132 valence electrons. The minimum absolute atomic E-state index is 0.0891. The van der Waals surface area contributed by atoms with E-state index in [-0.39, 0.29) is 12.5 Å². The fourth-order valence-corrected chi connectivity index (χ4v) is 1.79. The summed E-state index contributed by atoms with van der Waals surface area (Å²) in [4.78, 5) is 34.2. The number of imide groups is 1. The van der Waals surface area contributed by atoms with Crippen molar-refractivity contribution in [2.75, 3.05) is 13.2 Å². The van der Waals surface area contributed by atoms with Crippen LogP contribution in [0.15, 0.2) is 24.3 Å². The molecule has 0 radical (unpaired) electrons. The molecule has 0 saturated heterocycles. The van der Waals surface area contributed by atoms with Crippen molar-refractivity contribution in [2.45, 2.75) is 39.7 Å². The van der Waals surface area contributed by atoms with Gasteiger partial charge >= 0.3 is 12.0 Å². The van der Waals surface area contributed by atoms with Crippen LogP contribution in [0, 0.1) is 6.92 Å². The summed E-state index contributed by atoms with van der Waals surface area (Å²) in [5.74, 6) is -0.432. The first-order chi connectivity index (χ1) is 11.4. The average Bonchev–Trinajstić information content (AvgIpc) is 2.48. The minimum atomic E-state index is -0.669. The Bertz CT molecular complexity index is 572. The lowest BCUT2D eigenvalue weighted by Crippen LogP contribution is -2.44. The number of benzene rings is 1. The Morgan fingerprint density at radius 1 is 1.21 bits per heavy atom. The smallest absolute Gasteiger partial charge is 0.321 e. The maximum absolute atomic E-state index is 11.5. The zero-order chi connectivity index (χ0) is 17.9. The molecule has 0 bridgehead atoms. The normalized spacial score (nSPS) is 10.2. The van der Waals surface area contributed by atoms with Crippen molar-refractivity contribution < 1.29 is 23.9 Å². The third-order valence-corrected chi connectivity index (χ3v) is 2.82. The van der Waals surface area contributed by atoms with E-state index in [1.54, 1.807) is 13.8 Å². The Labute approximate surface area is 141 Å². The molecule has 1 rings (SSSR count). The lowest BCUT2D eigenvalue weighted by atomic mass is 10.2. The summed E-state index contributed by atoms with van der Waals surface area (Å²) in [7, 11) is 0. The highest BCUT2D eigenvalue weighted by Gasteiger charge is 2.11. The van der Waals surface area contributed by atoms with Gasteiger partial charge in [-0.3, -0.25) is 14.9 Å². The van der Waals surface area contributed by atoms with Crippen LogP contribution in [-0.4, -0.2) is 37.2 Å². The number of rotatable bonds is 8.